The predicted octanol–water partition coefficient (Wildman–Crippen LogP) is 5.98. The van der Waals surface area contributed by atoms with Crippen LogP contribution in [0, 0.1) is 22.6 Å². The van der Waals surface area contributed by atoms with Crippen molar-refractivity contribution >= 4 is 28.6 Å². The molecule has 1 atom stereocenters. The largest absolute Gasteiger partial charge is 0.384 e. The summed E-state index contributed by atoms with van der Waals surface area (Å²) in [5.41, 5.74) is 2.23. The van der Waals surface area contributed by atoms with E-state index < -0.39 is 5.82 Å². The number of piperidine rings is 1. The van der Waals surface area contributed by atoms with Gasteiger partial charge in [-0.05, 0) is 67.3 Å². The standard InChI is InChI=1S/C25H30FN3O3/c1-4-16(2)15-27-23-7-6-20(28-32)14-21(23)25(31)18-9-11-29(12-10-18)24-8-5-19(17(3)30)13-22(24)26/h5-8,13-14,16,18,27H,4,9-12,15H2,1-3H3. The lowest BCUT2D eigenvalue weighted by Gasteiger charge is -2.33. The molecular formula is C25H30FN3O3. The number of anilines is 2. The SMILES string of the molecule is CCC(C)CNc1ccc(N=O)cc1C(=O)C1CCN(c2ccc(C(C)=O)cc2F)CC1. The average molecular weight is 440 g/mol. The van der Waals surface area contributed by atoms with Gasteiger partial charge in [0.25, 0.3) is 0 Å². The quantitative estimate of drug-likeness (QED) is 0.384. The summed E-state index contributed by atoms with van der Waals surface area (Å²) in [6.45, 7) is 7.46. The zero-order valence-electron chi connectivity index (χ0n) is 18.9. The molecule has 1 aliphatic rings. The molecular weight excluding hydrogens is 409 g/mol. The van der Waals surface area contributed by atoms with E-state index in [-0.39, 0.29) is 23.2 Å². The van der Waals surface area contributed by atoms with E-state index in [2.05, 4.69) is 24.3 Å². The average Bonchev–Trinajstić information content (AvgIpc) is 2.81. The summed E-state index contributed by atoms with van der Waals surface area (Å²) in [6, 6.07) is 9.44. The zero-order valence-corrected chi connectivity index (χ0v) is 18.9. The maximum atomic E-state index is 14.5. The Labute approximate surface area is 188 Å². The van der Waals surface area contributed by atoms with Crippen molar-refractivity contribution in [3.63, 3.8) is 0 Å². The highest BCUT2D eigenvalue weighted by atomic mass is 19.1. The fourth-order valence-corrected chi connectivity index (χ4v) is 3.96. The van der Waals surface area contributed by atoms with Gasteiger partial charge in [0.2, 0.25) is 0 Å². The van der Waals surface area contributed by atoms with Gasteiger partial charge in [-0.3, -0.25) is 9.59 Å². The Morgan fingerprint density at radius 2 is 1.91 bits per heavy atom. The molecule has 0 saturated carbocycles. The summed E-state index contributed by atoms with van der Waals surface area (Å²) in [6.07, 6.45) is 2.18. The number of Topliss-reactive ketones (excluding diaryl/α,β-unsaturated/α-hetero) is 2. The molecule has 0 aliphatic carbocycles. The maximum absolute atomic E-state index is 14.5. The molecule has 3 rings (SSSR count). The highest BCUT2D eigenvalue weighted by Crippen LogP contribution is 2.31. The Morgan fingerprint density at radius 3 is 2.50 bits per heavy atom. The number of rotatable bonds is 9. The molecule has 1 N–H and O–H groups in total. The molecule has 1 heterocycles. The van der Waals surface area contributed by atoms with Crippen LogP contribution in [0.2, 0.25) is 0 Å². The van der Waals surface area contributed by atoms with E-state index in [0.29, 0.717) is 48.7 Å². The molecule has 0 radical (unpaired) electrons. The van der Waals surface area contributed by atoms with Crippen LogP contribution in [-0.2, 0) is 0 Å². The molecule has 170 valence electrons. The number of carbonyl (C=O) groups is 2. The third-order valence-electron chi connectivity index (χ3n) is 6.27. The summed E-state index contributed by atoms with van der Waals surface area (Å²) in [4.78, 5) is 37.7. The summed E-state index contributed by atoms with van der Waals surface area (Å²) >= 11 is 0. The number of nitrogens with zero attached hydrogens (tertiary/aromatic N) is 2. The number of nitrogens with one attached hydrogen (secondary N) is 1. The first kappa shape index (κ1) is 23.6. The van der Waals surface area contributed by atoms with Crippen molar-refractivity contribution in [3.8, 4) is 0 Å². The van der Waals surface area contributed by atoms with E-state index in [1.807, 2.05) is 4.90 Å². The lowest BCUT2D eigenvalue weighted by Crippen LogP contribution is -2.37. The van der Waals surface area contributed by atoms with E-state index in [1.165, 1.54) is 13.0 Å². The first-order valence-electron chi connectivity index (χ1n) is 11.1. The van der Waals surface area contributed by atoms with Crippen molar-refractivity contribution in [3.05, 3.63) is 58.2 Å². The molecule has 1 aliphatic heterocycles. The van der Waals surface area contributed by atoms with Crippen molar-refractivity contribution < 1.29 is 14.0 Å². The molecule has 2 aromatic rings. The second kappa shape index (κ2) is 10.5. The van der Waals surface area contributed by atoms with Crippen LogP contribution in [-0.4, -0.2) is 31.2 Å². The third-order valence-corrected chi connectivity index (χ3v) is 6.27. The molecule has 1 fully saturated rings. The monoisotopic (exact) mass is 439 g/mol. The van der Waals surface area contributed by atoms with Gasteiger partial charge in [-0.25, -0.2) is 4.39 Å². The van der Waals surface area contributed by atoms with E-state index in [9.17, 15) is 18.9 Å². The molecule has 6 nitrogen and oxygen atoms in total. The van der Waals surface area contributed by atoms with E-state index in [1.54, 1.807) is 30.3 Å². The van der Waals surface area contributed by atoms with Gasteiger partial charge in [0.15, 0.2) is 11.6 Å². The summed E-state index contributed by atoms with van der Waals surface area (Å²) in [5, 5.41) is 6.33. The van der Waals surface area contributed by atoms with Gasteiger partial charge in [0.05, 0.1) is 5.69 Å². The zero-order chi connectivity index (χ0) is 23.3. The number of nitroso groups, excluding NO2 is 1. The summed E-state index contributed by atoms with van der Waals surface area (Å²) in [7, 11) is 0. The van der Waals surface area contributed by atoms with Crippen LogP contribution >= 0.6 is 0 Å². The molecule has 0 bridgehead atoms. The third kappa shape index (κ3) is 5.39. The maximum Gasteiger partial charge on any atom is 0.168 e. The first-order valence-corrected chi connectivity index (χ1v) is 11.1. The lowest BCUT2D eigenvalue weighted by molar-refractivity contribution is 0.0900. The molecule has 0 spiro atoms. The Hall–Kier alpha value is -3.09. The van der Waals surface area contributed by atoms with Gasteiger partial charge in [-0.2, -0.15) is 0 Å². The van der Waals surface area contributed by atoms with Crippen molar-refractivity contribution in [1.82, 2.24) is 0 Å². The first-order chi connectivity index (χ1) is 15.3. The molecule has 1 unspecified atom stereocenters. The van der Waals surface area contributed by atoms with Crippen LogP contribution in [0.1, 0.15) is 60.7 Å². The number of ketones is 2. The van der Waals surface area contributed by atoms with Crippen molar-refractivity contribution in [2.24, 2.45) is 17.0 Å². The van der Waals surface area contributed by atoms with Gasteiger partial charge in [0, 0.05) is 42.4 Å². The molecule has 7 heteroatoms. The second-order valence-corrected chi connectivity index (χ2v) is 8.56. The van der Waals surface area contributed by atoms with Crippen molar-refractivity contribution in [1.29, 1.82) is 0 Å². The number of benzene rings is 2. The highest BCUT2D eigenvalue weighted by Gasteiger charge is 2.28. The van der Waals surface area contributed by atoms with Crippen LogP contribution in [0.15, 0.2) is 41.6 Å². The number of halogens is 1. The summed E-state index contributed by atoms with van der Waals surface area (Å²) in [5.74, 6) is -0.381. The fourth-order valence-electron chi connectivity index (χ4n) is 3.96. The minimum absolute atomic E-state index is 0.0193. The number of carbonyl (C=O) groups excluding carboxylic acids is 2. The normalized spacial score (nSPS) is 15.3. The van der Waals surface area contributed by atoms with E-state index >= 15 is 0 Å². The van der Waals surface area contributed by atoms with Crippen molar-refractivity contribution in [2.75, 3.05) is 29.9 Å². The molecule has 32 heavy (non-hydrogen) atoms. The molecule has 2 aromatic carbocycles. The van der Waals surface area contributed by atoms with Crippen LogP contribution in [0.3, 0.4) is 0 Å². The van der Waals surface area contributed by atoms with Gasteiger partial charge >= 0.3 is 0 Å². The van der Waals surface area contributed by atoms with Crippen LogP contribution in [0.25, 0.3) is 0 Å². The Bertz CT molecular complexity index is 1000. The van der Waals surface area contributed by atoms with Crippen molar-refractivity contribution in [2.45, 2.75) is 40.0 Å². The predicted molar refractivity (Wildman–Crippen MR) is 126 cm³/mol. The van der Waals surface area contributed by atoms with Gasteiger partial charge in [0.1, 0.15) is 11.5 Å². The fraction of sp³-hybridized carbons (Fsp3) is 0.440. The minimum atomic E-state index is -0.427. The van der Waals surface area contributed by atoms with Gasteiger partial charge < -0.3 is 10.2 Å². The summed E-state index contributed by atoms with van der Waals surface area (Å²) < 4.78 is 14.5. The van der Waals surface area contributed by atoms with Crippen LogP contribution < -0.4 is 10.2 Å². The minimum Gasteiger partial charge on any atom is -0.384 e. The number of hydrogen-bond acceptors (Lipinski definition) is 6. The molecule has 1 saturated heterocycles. The van der Waals surface area contributed by atoms with E-state index in [4.69, 9.17) is 0 Å². The number of hydrogen-bond donors (Lipinski definition) is 1. The second-order valence-electron chi connectivity index (χ2n) is 8.56. The molecule has 0 aromatic heterocycles. The van der Waals surface area contributed by atoms with E-state index in [0.717, 1.165) is 18.7 Å². The molecule has 0 amide bonds. The van der Waals surface area contributed by atoms with Crippen LogP contribution in [0.4, 0.5) is 21.5 Å². The van der Waals surface area contributed by atoms with Gasteiger partial charge in [-0.1, -0.05) is 20.3 Å². The smallest absolute Gasteiger partial charge is 0.168 e. The Kier molecular flexibility index (Phi) is 7.72. The lowest BCUT2D eigenvalue weighted by atomic mass is 9.87. The Morgan fingerprint density at radius 1 is 1.19 bits per heavy atom. The van der Waals surface area contributed by atoms with Gasteiger partial charge in [-0.15, -0.1) is 4.91 Å². The highest BCUT2D eigenvalue weighted by molar-refractivity contribution is 6.03. The topological polar surface area (TPSA) is 78.8 Å². The Balaban J connectivity index is 1.72. The van der Waals surface area contributed by atoms with Crippen LogP contribution in [0.5, 0.6) is 0 Å².